The average molecular weight is 396 g/mol. The highest BCUT2D eigenvalue weighted by Gasteiger charge is 2.68. The van der Waals surface area contributed by atoms with Gasteiger partial charge in [0, 0.05) is 24.3 Å². The van der Waals surface area contributed by atoms with Gasteiger partial charge >= 0.3 is 0 Å². The van der Waals surface area contributed by atoms with Crippen LogP contribution in [0.1, 0.15) is 18.7 Å². The van der Waals surface area contributed by atoms with Gasteiger partial charge in [-0.05, 0) is 31.9 Å². The van der Waals surface area contributed by atoms with Crippen molar-refractivity contribution in [2.24, 2.45) is 17.6 Å². The molecule has 3 aliphatic heterocycles. The number of hydrogen-bond acceptors (Lipinski definition) is 6. The fourth-order valence-electron chi connectivity index (χ4n) is 5.12. The Morgan fingerprint density at radius 2 is 2.34 bits per heavy atom. The van der Waals surface area contributed by atoms with Gasteiger partial charge in [-0.2, -0.15) is 5.10 Å². The highest BCUT2D eigenvalue weighted by Crippen LogP contribution is 2.55. The second-order valence-electron chi connectivity index (χ2n) is 8.13. The molecule has 1 aromatic heterocycles. The van der Waals surface area contributed by atoms with Crippen LogP contribution in [-0.4, -0.2) is 63.2 Å². The summed E-state index contributed by atoms with van der Waals surface area (Å²) in [6.45, 7) is 3.27. The predicted octanol–water partition coefficient (Wildman–Crippen LogP) is 0.683. The number of aromatic amines is 1. The van der Waals surface area contributed by atoms with Gasteiger partial charge < -0.3 is 20.7 Å². The molecule has 9 heteroatoms. The number of ether oxygens (including phenoxy) is 1. The Kier molecular flexibility index (Phi) is 4.18. The fourth-order valence-corrected chi connectivity index (χ4v) is 5.12. The molecule has 3 fully saturated rings. The fraction of sp³-hybridized carbons (Fsp3) is 0.500. The van der Waals surface area contributed by atoms with Crippen molar-refractivity contribution >= 4 is 17.5 Å². The molecule has 2 bridgehead atoms. The zero-order chi connectivity index (χ0) is 20.2. The summed E-state index contributed by atoms with van der Waals surface area (Å²) in [6.07, 6.45) is 1.41. The Bertz CT molecular complexity index is 975. The van der Waals surface area contributed by atoms with E-state index in [1.54, 1.807) is 4.90 Å². The SMILES string of the molecule is Cc1nc(-c2cccc(NC(=O)[C@H]3[C@@H]4CC[C@@]5(CN(CCN)C(=O)[C@@H]35)O4)c2)n[nH]1. The zero-order valence-electron chi connectivity index (χ0n) is 16.2. The first kappa shape index (κ1) is 18.3. The molecule has 0 unspecified atom stereocenters. The molecular formula is C20H24N6O3. The van der Waals surface area contributed by atoms with Crippen LogP contribution in [0.4, 0.5) is 5.69 Å². The van der Waals surface area contributed by atoms with Crippen molar-refractivity contribution in [2.45, 2.75) is 31.5 Å². The summed E-state index contributed by atoms with van der Waals surface area (Å²) in [5, 5.41) is 9.96. The van der Waals surface area contributed by atoms with Crippen molar-refractivity contribution in [2.75, 3.05) is 25.0 Å². The number of aryl methyl sites for hydroxylation is 1. The number of nitrogens with one attached hydrogen (secondary N) is 2. The minimum absolute atomic E-state index is 0.0113. The molecule has 0 aliphatic carbocycles. The highest BCUT2D eigenvalue weighted by atomic mass is 16.5. The summed E-state index contributed by atoms with van der Waals surface area (Å²) in [5.41, 5.74) is 6.57. The van der Waals surface area contributed by atoms with Crippen molar-refractivity contribution < 1.29 is 14.3 Å². The first-order valence-corrected chi connectivity index (χ1v) is 9.98. The standard InChI is InChI=1S/C20H24N6O3/c1-11-22-17(25-24-11)12-3-2-4-13(9-12)23-18(27)15-14-5-6-20(29-14)10-26(8-7-21)19(28)16(15)20/h2-4,9,14-16H,5-8,10,21H2,1H3,(H,23,27)(H,22,24,25)/t14-,15-,16+,20-/m0/s1. The van der Waals surface area contributed by atoms with Crippen LogP contribution in [0.3, 0.4) is 0 Å². The van der Waals surface area contributed by atoms with E-state index < -0.39 is 17.4 Å². The van der Waals surface area contributed by atoms with Gasteiger partial charge in [0.2, 0.25) is 11.8 Å². The van der Waals surface area contributed by atoms with Gasteiger partial charge in [0.25, 0.3) is 0 Å². The van der Waals surface area contributed by atoms with Crippen molar-refractivity contribution in [3.63, 3.8) is 0 Å². The monoisotopic (exact) mass is 396 g/mol. The first-order chi connectivity index (χ1) is 14.0. The van der Waals surface area contributed by atoms with Crippen molar-refractivity contribution in [1.82, 2.24) is 20.1 Å². The lowest BCUT2D eigenvalue weighted by atomic mass is 9.73. The van der Waals surface area contributed by atoms with Crippen LogP contribution in [0.5, 0.6) is 0 Å². The lowest BCUT2D eigenvalue weighted by molar-refractivity contribution is -0.136. The zero-order valence-corrected chi connectivity index (χ0v) is 16.2. The molecule has 4 heterocycles. The highest BCUT2D eigenvalue weighted by molar-refractivity contribution is 5.98. The first-order valence-electron chi connectivity index (χ1n) is 9.98. The van der Waals surface area contributed by atoms with Crippen LogP contribution in [0.15, 0.2) is 24.3 Å². The van der Waals surface area contributed by atoms with E-state index in [9.17, 15) is 9.59 Å². The molecule has 29 heavy (non-hydrogen) atoms. The predicted molar refractivity (Wildman–Crippen MR) is 105 cm³/mol. The van der Waals surface area contributed by atoms with E-state index in [-0.39, 0.29) is 17.9 Å². The number of nitrogens with two attached hydrogens (primary N) is 1. The number of amides is 2. The molecule has 4 N–H and O–H groups in total. The van der Waals surface area contributed by atoms with Crippen molar-refractivity contribution in [3.05, 3.63) is 30.1 Å². The van der Waals surface area contributed by atoms with E-state index in [1.807, 2.05) is 31.2 Å². The number of nitrogens with zero attached hydrogens (tertiary/aromatic N) is 3. The second kappa shape index (κ2) is 6.64. The summed E-state index contributed by atoms with van der Waals surface area (Å²) < 4.78 is 6.21. The van der Waals surface area contributed by atoms with E-state index in [1.165, 1.54) is 0 Å². The quantitative estimate of drug-likeness (QED) is 0.682. The van der Waals surface area contributed by atoms with Gasteiger partial charge in [0.1, 0.15) is 5.82 Å². The van der Waals surface area contributed by atoms with Crippen molar-refractivity contribution in [1.29, 1.82) is 0 Å². The van der Waals surface area contributed by atoms with Crippen LogP contribution in [-0.2, 0) is 14.3 Å². The van der Waals surface area contributed by atoms with Gasteiger partial charge in [-0.15, -0.1) is 0 Å². The molecule has 9 nitrogen and oxygen atoms in total. The molecule has 5 rings (SSSR count). The van der Waals surface area contributed by atoms with Crippen molar-refractivity contribution in [3.8, 4) is 11.4 Å². The molecule has 0 saturated carbocycles. The maximum atomic E-state index is 13.2. The maximum Gasteiger partial charge on any atom is 0.231 e. The number of anilines is 1. The molecule has 2 aromatic rings. The Morgan fingerprint density at radius 3 is 3.10 bits per heavy atom. The largest absolute Gasteiger partial charge is 0.368 e. The average Bonchev–Trinajstić information content (AvgIpc) is 3.44. The lowest BCUT2D eigenvalue weighted by Crippen LogP contribution is -2.43. The Hall–Kier alpha value is -2.78. The number of rotatable bonds is 5. The van der Waals surface area contributed by atoms with Crippen LogP contribution in [0, 0.1) is 18.8 Å². The normalized spacial score (nSPS) is 30.1. The number of carbonyl (C=O) groups is 2. The molecule has 0 radical (unpaired) electrons. The number of fused-ring (bicyclic) bond motifs is 1. The minimum atomic E-state index is -0.530. The van der Waals surface area contributed by atoms with Crippen LogP contribution in [0.2, 0.25) is 0 Å². The number of aromatic nitrogens is 3. The van der Waals surface area contributed by atoms with Crippen LogP contribution < -0.4 is 11.1 Å². The number of likely N-dealkylation sites (tertiary alicyclic amines) is 1. The molecule has 1 spiro atoms. The Labute approximate surface area is 168 Å². The van der Waals surface area contributed by atoms with E-state index in [4.69, 9.17) is 10.5 Å². The molecule has 3 saturated heterocycles. The van der Waals surface area contributed by atoms with Gasteiger partial charge in [-0.25, -0.2) is 4.98 Å². The smallest absolute Gasteiger partial charge is 0.231 e. The second-order valence-corrected chi connectivity index (χ2v) is 8.13. The van der Waals surface area contributed by atoms with Gasteiger partial charge in [0.05, 0.1) is 30.1 Å². The summed E-state index contributed by atoms with van der Waals surface area (Å²) in [6, 6.07) is 7.39. The topological polar surface area (TPSA) is 126 Å². The van der Waals surface area contributed by atoms with E-state index in [0.29, 0.717) is 31.1 Å². The number of benzene rings is 1. The van der Waals surface area contributed by atoms with Crippen LogP contribution in [0.25, 0.3) is 11.4 Å². The minimum Gasteiger partial charge on any atom is -0.368 e. The maximum absolute atomic E-state index is 13.2. The Balaban J connectivity index is 1.37. The molecule has 3 aliphatic rings. The number of carbonyl (C=O) groups excluding carboxylic acids is 2. The molecule has 4 atom stereocenters. The van der Waals surface area contributed by atoms with Gasteiger partial charge in [-0.3, -0.25) is 14.7 Å². The van der Waals surface area contributed by atoms with Crippen LogP contribution >= 0.6 is 0 Å². The third kappa shape index (κ3) is 2.84. The van der Waals surface area contributed by atoms with E-state index in [0.717, 1.165) is 24.2 Å². The summed E-state index contributed by atoms with van der Waals surface area (Å²) in [5.74, 6) is 0.209. The van der Waals surface area contributed by atoms with E-state index >= 15 is 0 Å². The summed E-state index contributed by atoms with van der Waals surface area (Å²) >= 11 is 0. The van der Waals surface area contributed by atoms with Gasteiger partial charge in [0.15, 0.2) is 5.82 Å². The van der Waals surface area contributed by atoms with E-state index in [2.05, 4.69) is 20.5 Å². The number of H-pyrrole nitrogens is 1. The van der Waals surface area contributed by atoms with Gasteiger partial charge in [-0.1, -0.05) is 12.1 Å². The Morgan fingerprint density at radius 1 is 1.48 bits per heavy atom. The number of hydrogen-bond donors (Lipinski definition) is 3. The lowest BCUT2D eigenvalue weighted by Gasteiger charge is -2.27. The summed E-state index contributed by atoms with van der Waals surface area (Å²) in [4.78, 5) is 32.2. The third-order valence-electron chi connectivity index (χ3n) is 6.29. The summed E-state index contributed by atoms with van der Waals surface area (Å²) in [7, 11) is 0. The molecular weight excluding hydrogens is 372 g/mol. The molecule has 1 aromatic carbocycles. The molecule has 152 valence electrons. The third-order valence-corrected chi connectivity index (χ3v) is 6.29. The molecule has 2 amide bonds.